The summed E-state index contributed by atoms with van der Waals surface area (Å²) in [5.74, 6) is -0.242. The van der Waals surface area contributed by atoms with Crippen molar-refractivity contribution in [2.24, 2.45) is 0 Å². The van der Waals surface area contributed by atoms with Gasteiger partial charge in [0, 0.05) is 22.2 Å². The molecule has 0 saturated carbocycles. The minimum absolute atomic E-state index is 0.0438. The maximum Gasteiger partial charge on any atom is 0.307 e. The van der Waals surface area contributed by atoms with Gasteiger partial charge in [-0.25, -0.2) is 0 Å². The van der Waals surface area contributed by atoms with Crippen LogP contribution in [-0.4, -0.2) is 23.2 Å². The molecule has 140 valence electrons. The molecule has 0 spiro atoms. The average molecular weight is 371 g/mol. The molecule has 0 aliphatic heterocycles. The number of aromatic nitrogens is 1. The van der Waals surface area contributed by atoms with Crippen molar-refractivity contribution >= 4 is 16.9 Å². The van der Waals surface area contributed by atoms with Crippen molar-refractivity contribution in [3.8, 4) is 5.75 Å². The molecule has 3 aromatic carbocycles. The molecule has 0 bridgehead atoms. The quantitative estimate of drug-likeness (QED) is 0.502. The zero-order valence-corrected chi connectivity index (χ0v) is 15.6. The zero-order chi connectivity index (χ0) is 19.5. The highest BCUT2D eigenvalue weighted by Gasteiger charge is 2.26. The SMILES string of the molecule is COc1ccccc1C(c1ccccc1)c1[nH]c2ccccc2c1CC(=O)O. The van der Waals surface area contributed by atoms with E-state index in [-0.39, 0.29) is 12.3 Å². The van der Waals surface area contributed by atoms with E-state index in [0.29, 0.717) is 0 Å². The Morgan fingerprint density at radius 1 is 0.964 bits per heavy atom. The van der Waals surface area contributed by atoms with E-state index < -0.39 is 5.97 Å². The Balaban J connectivity index is 2.01. The molecular weight excluding hydrogens is 350 g/mol. The molecule has 0 aliphatic rings. The number of para-hydroxylation sites is 2. The molecule has 4 heteroatoms. The first-order valence-corrected chi connectivity index (χ1v) is 9.18. The number of hydrogen-bond donors (Lipinski definition) is 2. The van der Waals surface area contributed by atoms with E-state index >= 15 is 0 Å². The van der Waals surface area contributed by atoms with Gasteiger partial charge in [-0.2, -0.15) is 0 Å². The van der Waals surface area contributed by atoms with Crippen LogP contribution in [0, 0.1) is 0 Å². The van der Waals surface area contributed by atoms with Crippen molar-refractivity contribution in [1.82, 2.24) is 4.98 Å². The lowest BCUT2D eigenvalue weighted by atomic mass is 9.85. The van der Waals surface area contributed by atoms with Crippen molar-refractivity contribution in [1.29, 1.82) is 0 Å². The predicted octanol–water partition coefficient (Wildman–Crippen LogP) is 4.98. The van der Waals surface area contributed by atoms with Crippen LogP contribution in [0.4, 0.5) is 0 Å². The van der Waals surface area contributed by atoms with Gasteiger partial charge >= 0.3 is 5.97 Å². The molecule has 0 radical (unpaired) electrons. The Morgan fingerprint density at radius 2 is 1.64 bits per heavy atom. The van der Waals surface area contributed by atoms with Crippen LogP contribution in [0.15, 0.2) is 78.9 Å². The molecule has 28 heavy (non-hydrogen) atoms. The van der Waals surface area contributed by atoms with Crippen LogP contribution in [0.1, 0.15) is 28.3 Å². The van der Waals surface area contributed by atoms with E-state index in [4.69, 9.17) is 4.74 Å². The first-order valence-electron chi connectivity index (χ1n) is 9.18. The summed E-state index contributed by atoms with van der Waals surface area (Å²) in [6.07, 6.45) is -0.0438. The molecule has 4 rings (SSSR count). The van der Waals surface area contributed by atoms with Crippen molar-refractivity contribution in [2.75, 3.05) is 7.11 Å². The normalized spacial score (nSPS) is 12.0. The van der Waals surface area contributed by atoms with Crippen LogP contribution in [0.3, 0.4) is 0 Å². The molecule has 4 aromatic rings. The van der Waals surface area contributed by atoms with E-state index in [0.717, 1.165) is 39.0 Å². The lowest BCUT2D eigenvalue weighted by molar-refractivity contribution is -0.136. The minimum atomic E-state index is -0.849. The van der Waals surface area contributed by atoms with Crippen molar-refractivity contribution in [3.63, 3.8) is 0 Å². The summed E-state index contributed by atoms with van der Waals surface area (Å²) in [5, 5.41) is 10.5. The number of aromatic amines is 1. The van der Waals surface area contributed by atoms with E-state index in [1.165, 1.54) is 0 Å². The van der Waals surface area contributed by atoms with E-state index in [1.54, 1.807) is 7.11 Å². The second kappa shape index (κ2) is 7.61. The van der Waals surface area contributed by atoms with E-state index in [1.807, 2.05) is 66.7 Å². The maximum absolute atomic E-state index is 11.6. The van der Waals surface area contributed by atoms with Crippen LogP contribution in [-0.2, 0) is 11.2 Å². The molecule has 1 atom stereocenters. The number of carboxylic acids is 1. The van der Waals surface area contributed by atoms with Crippen LogP contribution in [0.5, 0.6) is 5.75 Å². The fourth-order valence-electron chi connectivity index (χ4n) is 3.86. The molecule has 0 aliphatic carbocycles. The highest BCUT2D eigenvalue weighted by atomic mass is 16.5. The number of carboxylic acid groups (broad SMARTS) is 1. The molecule has 1 heterocycles. The second-order valence-corrected chi connectivity index (χ2v) is 6.72. The first kappa shape index (κ1) is 17.9. The van der Waals surface area contributed by atoms with Crippen LogP contribution >= 0.6 is 0 Å². The third-order valence-corrected chi connectivity index (χ3v) is 5.05. The van der Waals surface area contributed by atoms with Gasteiger partial charge in [0.2, 0.25) is 0 Å². The Kier molecular flexibility index (Phi) is 4.85. The highest BCUT2D eigenvalue weighted by molar-refractivity contribution is 5.89. The fraction of sp³-hybridized carbons (Fsp3) is 0.125. The van der Waals surface area contributed by atoms with Gasteiger partial charge in [0.25, 0.3) is 0 Å². The van der Waals surface area contributed by atoms with Crippen molar-refractivity contribution in [2.45, 2.75) is 12.3 Å². The molecule has 0 fully saturated rings. The van der Waals surface area contributed by atoms with Gasteiger partial charge in [-0.05, 0) is 23.3 Å². The smallest absolute Gasteiger partial charge is 0.307 e. The number of methoxy groups -OCH3 is 1. The van der Waals surface area contributed by atoms with Gasteiger partial charge in [0.1, 0.15) is 5.75 Å². The van der Waals surface area contributed by atoms with Gasteiger partial charge < -0.3 is 14.8 Å². The van der Waals surface area contributed by atoms with Crippen molar-refractivity contribution < 1.29 is 14.6 Å². The third-order valence-electron chi connectivity index (χ3n) is 5.05. The molecule has 1 aromatic heterocycles. The van der Waals surface area contributed by atoms with Gasteiger partial charge in [-0.15, -0.1) is 0 Å². The number of ether oxygens (including phenoxy) is 1. The summed E-state index contributed by atoms with van der Waals surface area (Å²) < 4.78 is 5.63. The van der Waals surface area contributed by atoms with E-state index in [2.05, 4.69) is 17.1 Å². The third kappa shape index (κ3) is 3.25. The molecule has 1 unspecified atom stereocenters. The number of hydrogen-bond acceptors (Lipinski definition) is 2. The standard InChI is InChI=1S/C24H21NO3/c1-28-21-14-8-6-12-18(21)23(16-9-3-2-4-10-16)24-19(15-22(26)27)17-11-5-7-13-20(17)25-24/h2-14,23,25H,15H2,1H3,(H,26,27). The monoisotopic (exact) mass is 371 g/mol. The fourth-order valence-corrected chi connectivity index (χ4v) is 3.86. The molecule has 0 saturated heterocycles. The predicted molar refractivity (Wildman–Crippen MR) is 110 cm³/mol. The Labute approximate surface area is 163 Å². The number of benzene rings is 3. The van der Waals surface area contributed by atoms with Crippen LogP contribution in [0.25, 0.3) is 10.9 Å². The summed E-state index contributed by atoms with van der Waals surface area (Å²) in [4.78, 5) is 15.1. The largest absolute Gasteiger partial charge is 0.496 e. The number of nitrogens with one attached hydrogen (secondary N) is 1. The molecule has 2 N–H and O–H groups in total. The zero-order valence-electron chi connectivity index (χ0n) is 15.6. The second-order valence-electron chi connectivity index (χ2n) is 6.72. The summed E-state index contributed by atoms with van der Waals surface area (Å²) in [6.45, 7) is 0. The number of carbonyl (C=O) groups is 1. The van der Waals surface area contributed by atoms with Gasteiger partial charge in [-0.1, -0.05) is 66.7 Å². The molecule has 0 amide bonds. The van der Waals surface area contributed by atoms with E-state index in [9.17, 15) is 9.90 Å². The number of rotatable bonds is 6. The maximum atomic E-state index is 11.6. The number of fused-ring (bicyclic) bond motifs is 1. The summed E-state index contributed by atoms with van der Waals surface area (Å²) in [6, 6.07) is 25.8. The molecular formula is C24H21NO3. The number of aliphatic carboxylic acids is 1. The summed E-state index contributed by atoms with van der Waals surface area (Å²) >= 11 is 0. The number of H-pyrrole nitrogens is 1. The van der Waals surface area contributed by atoms with Crippen LogP contribution < -0.4 is 4.74 Å². The summed E-state index contributed by atoms with van der Waals surface area (Å²) in [5.41, 5.74) is 4.70. The Bertz CT molecular complexity index is 1120. The average Bonchev–Trinajstić information content (AvgIpc) is 3.07. The minimum Gasteiger partial charge on any atom is -0.496 e. The van der Waals surface area contributed by atoms with Gasteiger partial charge in [0.15, 0.2) is 0 Å². The topological polar surface area (TPSA) is 62.3 Å². The van der Waals surface area contributed by atoms with Gasteiger partial charge in [-0.3, -0.25) is 4.79 Å². The Hall–Kier alpha value is -3.53. The van der Waals surface area contributed by atoms with Gasteiger partial charge in [0.05, 0.1) is 19.4 Å². The summed E-state index contributed by atoms with van der Waals surface area (Å²) in [7, 11) is 1.66. The lowest BCUT2D eigenvalue weighted by Crippen LogP contribution is -2.10. The molecule has 4 nitrogen and oxygen atoms in total. The van der Waals surface area contributed by atoms with Crippen molar-refractivity contribution in [3.05, 3.63) is 101 Å². The highest BCUT2D eigenvalue weighted by Crippen LogP contribution is 2.40. The van der Waals surface area contributed by atoms with Crippen LogP contribution in [0.2, 0.25) is 0 Å². The lowest BCUT2D eigenvalue weighted by Gasteiger charge is -2.21. The first-order chi connectivity index (χ1) is 13.7. The Morgan fingerprint density at radius 3 is 2.39 bits per heavy atom.